The van der Waals surface area contributed by atoms with E-state index < -0.39 is 0 Å². The van der Waals surface area contributed by atoms with Crippen LogP contribution in [0.5, 0.6) is 0 Å². The van der Waals surface area contributed by atoms with Crippen LogP contribution in [0.15, 0.2) is 60.4 Å². The fourth-order valence-electron chi connectivity index (χ4n) is 2.96. The molecule has 0 bridgehead atoms. The Morgan fingerprint density at radius 2 is 2.04 bits per heavy atom. The van der Waals surface area contributed by atoms with Crippen LogP contribution in [0.2, 0.25) is 0 Å². The number of aromatic nitrogens is 3. The molecule has 0 spiro atoms. The number of hydrogen-bond acceptors (Lipinski definition) is 4. The predicted octanol–water partition coefficient (Wildman–Crippen LogP) is 4.99. The van der Waals surface area contributed by atoms with Crippen LogP contribution in [0.3, 0.4) is 0 Å². The van der Waals surface area contributed by atoms with Crippen molar-refractivity contribution < 1.29 is 4.79 Å². The first-order valence-electron chi connectivity index (χ1n) is 8.40. The molecule has 0 saturated carbocycles. The summed E-state index contributed by atoms with van der Waals surface area (Å²) in [5.74, 6) is -0.146. The average molecular weight is 362 g/mol. The summed E-state index contributed by atoms with van der Waals surface area (Å²) in [5, 5.41) is 6.37. The van der Waals surface area contributed by atoms with Gasteiger partial charge >= 0.3 is 0 Å². The van der Waals surface area contributed by atoms with E-state index in [1.165, 1.54) is 11.3 Å². The Hall–Kier alpha value is -2.99. The van der Waals surface area contributed by atoms with Crippen molar-refractivity contribution in [2.75, 3.05) is 5.32 Å². The van der Waals surface area contributed by atoms with Crippen molar-refractivity contribution in [2.45, 2.75) is 19.9 Å². The molecule has 0 fully saturated rings. The first-order valence-corrected chi connectivity index (χ1v) is 9.28. The molecule has 3 aromatic heterocycles. The third-order valence-corrected chi connectivity index (χ3v) is 4.98. The van der Waals surface area contributed by atoms with E-state index in [0.717, 1.165) is 22.2 Å². The fourth-order valence-corrected chi connectivity index (χ4v) is 3.67. The minimum Gasteiger partial charge on any atom is -0.344 e. The number of carbonyl (C=O) groups is 1. The second kappa shape index (κ2) is 6.72. The van der Waals surface area contributed by atoms with Gasteiger partial charge < -0.3 is 4.57 Å². The van der Waals surface area contributed by atoms with Gasteiger partial charge in [-0.25, -0.2) is 4.98 Å². The molecule has 0 aliphatic carbocycles. The molecular weight excluding hydrogens is 344 g/mol. The summed E-state index contributed by atoms with van der Waals surface area (Å²) in [5.41, 5.74) is 3.46. The molecule has 1 amide bonds. The van der Waals surface area contributed by atoms with Gasteiger partial charge in [0.05, 0.1) is 11.3 Å². The number of rotatable bonds is 4. The van der Waals surface area contributed by atoms with Crippen LogP contribution >= 0.6 is 11.3 Å². The van der Waals surface area contributed by atoms with Crippen LogP contribution in [0.1, 0.15) is 30.2 Å². The van der Waals surface area contributed by atoms with Gasteiger partial charge in [0.15, 0.2) is 5.13 Å². The van der Waals surface area contributed by atoms with Crippen molar-refractivity contribution in [3.8, 4) is 11.3 Å². The van der Waals surface area contributed by atoms with Crippen molar-refractivity contribution in [2.24, 2.45) is 0 Å². The molecule has 130 valence electrons. The smallest absolute Gasteiger partial charge is 0.259 e. The maximum absolute atomic E-state index is 12.8. The van der Waals surface area contributed by atoms with E-state index in [4.69, 9.17) is 0 Å². The normalized spacial score (nSPS) is 11.2. The predicted molar refractivity (Wildman–Crippen MR) is 106 cm³/mol. The summed E-state index contributed by atoms with van der Waals surface area (Å²) < 4.78 is 2.12. The zero-order valence-corrected chi connectivity index (χ0v) is 15.3. The summed E-state index contributed by atoms with van der Waals surface area (Å²) in [6.07, 6.45) is 5.40. The number of hydrogen-bond donors (Lipinski definition) is 1. The van der Waals surface area contributed by atoms with Gasteiger partial charge in [-0.05, 0) is 32.0 Å². The highest BCUT2D eigenvalue weighted by atomic mass is 32.1. The minimum atomic E-state index is -0.146. The van der Waals surface area contributed by atoms with Gasteiger partial charge in [-0.3, -0.25) is 15.1 Å². The molecule has 6 heteroatoms. The van der Waals surface area contributed by atoms with Gasteiger partial charge in [0.2, 0.25) is 0 Å². The van der Waals surface area contributed by atoms with E-state index >= 15 is 0 Å². The van der Waals surface area contributed by atoms with Crippen molar-refractivity contribution in [3.05, 3.63) is 65.9 Å². The Balaban J connectivity index is 1.63. The highest BCUT2D eigenvalue weighted by molar-refractivity contribution is 7.14. The number of pyridine rings is 1. The molecular formula is C20H18N4OS. The molecule has 1 N–H and O–H groups in total. The van der Waals surface area contributed by atoms with Gasteiger partial charge in [0.1, 0.15) is 0 Å². The molecule has 0 atom stereocenters. The summed E-state index contributed by atoms with van der Waals surface area (Å²) in [4.78, 5) is 21.5. The van der Waals surface area contributed by atoms with Crippen LogP contribution in [-0.2, 0) is 0 Å². The second-order valence-electron chi connectivity index (χ2n) is 6.29. The van der Waals surface area contributed by atoms with Gasteiger partial charge in [0, 0.05) is 46.5 Å². The SMILES string of the molecule is CC(C)n1cc(C(=O)Nc2nc(-c3cccnc3)cs2)c2ccccc21. The van der Waals surface area contributed by atoms with Crippen molar-refractivity contribution >= 4 is 33.3 Å². The highest BCUT2D eigenvalue weighted by Crippen LogP contribution is 2.27. The summed E-state index contributed by atoms with van der Waals surface area (Å²) in [7, 11) is 0. The first kappa shape index (κ1) is 16.5. The number of fused-ring (bicyclic) bond motifs is 1. The lowest BCUT2D eigenvalue weighted by atomic mass is 10.1. The standard InChI is InChI=1S/C20H18N4OS/c1-13(2)24-11-16(15-7-3-4-8-18(15)24)19(25)23-20-22-17(12-26-20)14-6-5-9-21-10-14/h3-13H,1-2H3,(H,22,23,25). The van der Waals surface area contributed by atoms with E-state index in [-0.39, 0.29) is 11.9 Å². The Morgan fingerprint density at radius 3 is 2.81 bits per heavy atom. The topological polar surface area (TPSA) is 59.8 Å². The number of nitrogens with zero attached hydrogens (tertiary/aromatic N) is 3. The lowest BCUT2D eigenvalue weighted by molar-refractivity contribution is 0.102. The van der Waals surface area contributed by atoms with Crippen LogP contribution in [0.25, 0.3) is 22.2 Å². The van der Waals surface area contributed by atoms with Gasteiger partial charge in [-0.1, -0.05) is 18.2 Å². The highest BCUT2D eigenvalue weighted by Gasteiger charge is 2.17. The lowest BCUT2D eigenvalue weighted by Crippen LogP contribution is -2.11. The molecule has 5 nitrogen and oxygen atoms in total. The minimum absolute atomic E-state index is 0.146. The van der Waals surface area contributed by atoms with E-state index in [9.17, 15) is 4.79 Å². The van der Waals surface area contributed by atoms with Crippen molar-refractivity contribution in [1.82, 2.24) is 14.5 Å². The number of carbonyl (C=O) groups excluding carboxylic acids is 1. The second-order valence-corrected chi connectivity index (χ2v) is 7.15. The maximum Gasteiger partial charge on any atom is 0.259 e. The number of amides is 1. The van der Waals surface area contributed by atoms with Crippen LogP contribution < -0.4 is 5.32 Å². The zero-order valence-electron chi connectivity index (χ0n) is 14.5. The van der Waals surface area contributed by atoms with E-state index in [0.29, 0.717) is 10.7 Å². The number of thiazole rings is 1. The molecule has 3 heterocycles. The van der Waals surface area contributed by atoms with Crippen LogP contribution in [0, 0.1) is 0 Å². The quantitative estimate of drug-likeness (QED) is 0.556. The van der Waals surface area contributed by atoms with E-state index in [2.05, 4.69) is 33.7 Å². The average Bonchev–Trinajstić information content (AvgIpc) is 3.27. The first-order chi connectivity index (χ1) is 12.6. The molecule has 0 radical (unpaired) electrons. The van der Waals surface area contributed by atoms with Gasteiger partial charge in [0.25, 0.3) is 5.91 Å². The van der Waals surface area contributed by atoms with Crippen molar-refractivity contribution in [3.63, 3.8) is 0 Å². The number of para-hydroxylation sites is 1. The molecule has 0 aliphatic heterocycles. The third-order valence-electron chi connectivity index (χ3n) is 4.22. The van der Waals surface area contributed by atoms with Gasteiger partial charge in [-0.15, -0.1) is 11.3 Å². The largest absolute Gasteiger partial charge is 0.344 e. The molecule has 0 unspecified atom stereocenters. The maximum atomic E-state index is 12.8. The Bertz CT molecular complexity index is 1070. The number of benzene rings is 1. The summed E-state index contributed by atoms with van der Waals surface area (Å²) >= 11 is 1.41. The Kier molecular flexibility index (Phi) is 4.26. The third kappa shape index (κ3) is 2.99. The summed E-state index contributed by atoms with van der Waals surface area (Å²) in [6, 6.07) is 12.1. The summed E-state index contributed by atoms with van der Waals surface area (Å²) in [6.45, 7) is 4.21. The molecule has 1 aromatic carbocycles. The molecule has 4 rings (SSSR count). The lowest BCUT2D eigenvalue weighted by Gasteiger charge is -2.08. The molecule has 26 heavy (non-hydrogen) atoms. The Labute approximate surface area is 155 Å². The van der Waals surface area contributed by atoms with Crippen molar-refractivity contribution in [1.29, 1.82) is 0 Å². The van der Waals surface area contributed by atoms with E-state index in [1.54, 1.807) is 12.4 Å². The van der Waals surface area contributed by atoms with Crippen LogP contribution in [0.4, 0.5) is 5.13 Å². The zero-order chi connectivity index (χ0) is 18.1. The number of anilines is 1. The van der Waals surface area contributed by atoms with Gasteiger partial charge in [-0.2, -0.15) is 0 Å². The Morgan fingerprint density at radius 1 is 1.19 bits per heavy atom. The monoisotopic (exact) mass is 362 g/mol. The van der Waals surface area contributed by atoms with Crippen LogP contribution in [-0.4, -0.2) is 20.4 Å². The molecule has 0 aliphatic rings. The fraction of sp³-hybridized carbons (Fsp3) is 0.150. The molecule has 0 saturated heterocycles. The van der Waals surface area contributed by atoms with E-state index in [1.807, 2.05) is 48.0 Å². The molecule has 4 aromatic rings. The number of nitrogens with one attached hydrogen (secondary N) is 1.